The maximum absolute atomic E-state index is 2.72. The molecule has 2 aliphatic rings. The molecule has 0 saturated heterocycles. The van der Waals surface area contributed by atoms with Gasteiger partial charge in [-0.25, -0.2) is 0 Å². The average Bonchev–Trinajstić information content (AvgIpc) is 3.99. The molecule has 1 aromatic heterocycles. The van der Waals surface area contributed by atoms with Gasteiger partial charge in [0, 0.05) is 42.6 Å². The molecule has 3 heteroatoms. The Labute approximate surface area is 385 Å². The topological polar surface area (TPSA) is 3.24 Å². The summed E-state index contributed by atoms with van der Waals surface area (Å²) in [6.07, 6.45) is 0. The number of hydrogen-bond donors (Lipinski definition) is 0. The van der Waals surface area contributed by atoms with E-state index in [0.717, 1.165) is 17.1 Å². The highest BCUT2D eigenvalue weighted by Gasteiger charge is 2.48. The fraction of sp³-hybridized carbons (Fsp3) is 0.0323. The van der Waals surface area contributed by atoms with Crippen LogP contribution in [-0.4, -0.2) is 8.07 Å². The minimum Gasteiger partial charge on any atom is -0.310 e. The SMILES string of the molecule is CC1(c2ccccc2)c2ccccc2-c2ccc(-c3ccc(N(c4cccc([Si]5(c6ccccc6)c6ccccc6-c6ccccc65)c4)c4ccc5c(c4)sc4ccccc45)cc3)cc21. The van der Waals surface area contributed by atoms with Gasteiger partial charge in [0.05, 0.1) is 0 Å². The Balaban J connectivity index is 0.976. The van der Waals surface area contributed by atoms with Crippen molar-refractivity contribution in [3.05, 3.63) is 259 Å². The fourth-order valence-corrected chi connectivity index (χ4v) is 17.8. The number of thiophene rings is 1. The summed E-state index contributed by atoms with van der Waals surface area (Å²) in [4.78, 5) is 2.47. The quantitative estimate of drug-likeness (QED) is 0.144. The van der Waals surface area contributed by atoms with Crippen molar-refractivity contribution in [1.29, 1.82) is 0 Å². The third kappa shape index (κ3) is 5.62. The molecular weight excluding hydrogens is 819 g/mol. The van der Waals surface area contributed by atoms with E-state index in [9.17, 15) is 0 Å². The van der Waals surface area contributed by atoms with Gasteiger partial charge in [-0.1, -0.05) is 194 Å². The van der Waals surface area contributed by atoms with E-state index < -0.39 is 8.07 Å². The highest BCUT2D eigenvalue weighted by Crippen LogP contribution is 2.53. The van der Waals surface area contributed by atoms with Gasteiger partial charge in [-0.15, -0.1) is 11.3 Å². The monoisotopic (exact) mass is 861 g/mol. The second-order valence-electron chi connectivity index (χ2n) is 17.7. The van der Waals surface area contributed by atoms with Gasteiger partial charge in [0.25, 0.3) is 0 Å². The molecule has 10 aromatic carbocycles. The number of nitrogens with zero attached hydrogens (tertiary/aromatic N) is 1. The second-order valence-corrected chi connectivity index (χ2v) is 22.5. The third-order valence-electron chi connectivity index (χ3n) is 14.4. The van der Waals surface area contributed by atoms with Gasteiger partial charge in [-0.3, -0.25) is 0 Å². The molecule has 1 nitrogen and oxygen atoms in total. The maximum Gasteiger partial charge on any atom is 0.180 e. The van der Waals surface area contributed by atoms with E-state index in [1.54, 1.807) is 0 Å². The van der Waals surface area contributed by atoms with Crippen molar-refractivity contribution in [1.82, 2.24) is 0 Å². The van der Waals surface area contributed by atoms with Crippen LogP contribution in [0.25, 0.3) is 53.6 Å². The molecule has 1 atom stereocenters. The highest BCUT2D eigenvalue weighted by molar-refractivity contribution is 7.26. The Kier molecular flexibility index (Phi) is 8.61. The van der Waals surface area contributed by atoms with Crippen LogP contribution in [0.3, 0.4) is 0 Å². The molecule has 1 aliphatic heterocycles. The summed E-state index contributed by atoms with van der Waals surface area (Å²) >= 11 is 1.87. The second kappa shape index (κ2) is 14.8. The lowest BCUT2D eigenvalue weighted by Gasteiger charge is -2.33. The molecule has 11 aromatic rings. The normalized spacial score (nSPS) is 15.3. The summed E-state index contributed by atoms with van der Waals surface area (Å²) in [7, 11) is -2.72. The molecule has 0 radical (unpaired) electrons. The third-order valence-corrected chi connectivity index (χ3v) is 20.4. The van der Waals surface area contributed by atoms with Gasteiger partial charge in [0.15, 0.2) is 8.07 Å². The standard InChI is InChI=1S/C62H43NSSi/c1-62(44-17-4-2-5-18-44)56-27-12-8-23-50(56)51-37-33-43(39-57(51)62)42-31-34-45(35-32-42)63(47-36-38-53-52-24-9-13-28-58(52)64-59(53)41-47)46-19-16-22-49(40-46)65(48-20-6-3-7-21-48)60-29-14-10-25-54(60)55-26-11-15-30-61(55)65/h2-41H,1H3. The molecule has 0 saturated carbocycles. The summed E-state index contributed by atoms with van der Waals surface area (Å²) in [5.74, 6) is 0. The van der Waals surface area contributed by atoms with Gasteiger partial charge >= 0.3 is 0 Å². The van der Waals surface area contributed by atoms with Gasteiger partial charge in [0.2, 0.25) is 0 Å². The van der Waals surface area contributed by atoms with Crippen molar-refractivity contribution >= 4 is 77.4 Å². The van der Waals surface area contributed by atoms with E-state index >= 15 is 0 Å². The van der Waals surface area contributed by atoms with E-state index in [-0.39, 0.29) is 5.41 Å². The Morgan fingerprint density at radius 1 is 0.369 bits per heavy atom. The van der Waals surface area contributed by atoms with Crippen molar-refractivity contribution in [2.24, 2.45) is 0 Å². The van der Waals surface area contributed by atoms with Crippen LogP contribution in [-0.2, 0) is 5.41 Å². The number of benzene rings is 10. The first-order chi connectivity index (χ1) is 32.1. The fourth-order valence-electron chi connectivity index (χ4n) is 11.4. The van der Waals surface area contributed by atoms with Crippen LogP contribution in [0.5, 0.6) is 0 Å². The van der Waals surface area contributed by atoms with E-state index in [1.807, 2.05) is 11.3 Å². The summed E-state index contributed by atoms with van der Waals surface area (Å²) < 4.78 is 2.60. The first-order valence-corrected chi connectivity index (χ1v) is 25.4. The number of anilines is 3. The van der Waals surface area contributed by atoms with Crippen molar-refractivity contribution in [3.8, 4) is 33.4 Å². The highest BCUT2D eigenvalue weighted by atomic mass is 32.1. The van der Waals surface area contributed by atoms with Crippen LogP contribution < -0.4 is 25.6 Å². The first-order valence-electron chi connectivity index (χ1n) is 22.6. The summed E-state index contributed by atoms with van der Waals surface area (Å²) in [6, 6.07) is 91.2. The minimum atomic E-state index is -2.72. The van der Waals surface area contributed by atoms with Crippen molar-refractivity contribution < 1.29 is 0 Å². The lowest BCUT2D eigenvalue weighted by atomic mass is 9.74. The number of rotatable bonds is 7. The van der Waals surface area contributed by atoms with E-state index in [0.29, 0.717) is 0 Å². The zero-order valence-corrected chi connectivity index (χ0v) is 37.8. The zero-order valence-electron chi connectivity index (χ0n) is 35.9. The van der Waals surface area contributed by atoms with E-state index in [1.165, 1.54) is 91.0 Å². The molecule has 0 fully saturated rings. The van der Waals surface area contributed by atoms with E-state index in [2.05, 4.69) is 254 Å². The Morgan fingerprint density at radius 3 is 1.71 bits per heavy atom. The lowest BCUT2D eigenvalue weighted by molar-refractivity contribution is 0.714. The Bertz CT molecular complexity index is 3580. The molecule has 2 heterocycles. The smallest absolute Gasteiger partial charge is 0.180 e. The number of hydrogen-bond acceptors (Lipinski definition) is 2. The predicted molar refractivity (Wildman–Crippen MR) is 279 cm³/mol. The van der Waals surface area contributed by atoms with Gasteiger partial charge in [-0.05, 0) is 126 Å². The van der Waals surface area contributed by atoms with Crippen LogP contribution in [0, 0.1) is 0 Å². The van der Waals surface area contributed by atoms with Gasteiger partial charge < -0.3 is 4.90 Å². The Hall–Kier alpha value is -7.56. The molecule has 1 aliphatic carbocycles. The zero-order chi connectivity index (χ0) is 43.1. The minimum absolute atomic E-state index is 0.253. The summed E-state index contributed by atoms with van der Waals surface area (Å²) in [5, 5.41) is 8.30. The van der Waals surface area contributed by atoms with Crippen molar-refractivity contribution in [2.45, 2.75) is 12.3 Å². The number of fused-ring (bicyclic) bond motifs is 9. The molecule has 0 N–H and O–H groups in total. The van der Waals surface area contributed by atoms with Crippen LogP contribution in [0.1, 0.15) is 23.6 Å². The van der Waals surface area contributed by atoms with Gasteiger partial charge in [0.1, 0.15) is 0 Å². The summed E-state index contributed by atoms with van der Waals surface area (Å²) in [5.41, 5.74) is 15.0. The first kappa shape index (κ1) is 37.9. The van der Waals surface area contributed by atoms with Crippen LogP contribution in [0.2, 0.25) is 0 Å². The molecule has 0 bridgehead atoms. The lowest BCUT2D eigenvalue weighted by Crippen LogP contribution is -2.72. The molecule has 0 spiro atoms. The molecule has 306 valence electrons. The molecule has 65 heavy (non-hydrogen) atoms. The van der Waals surface area contributed by atoms with Crippen LogP contribution in [0.15, 0.2) is 243 Å². The molecule has 13 rings (SSSR count). The van der Waals surface area contributed by atoms with E-state index in [4.69, 9.17) is 0 Å². The molecule has 1 unspecified atom stereocenters. The van der Waals surface area contributed by atoms with Crippen molar-refractivity contribution in [2.75, 3.05) is 4.90 Å². The Morgan fingerprint density at radius 2 is 0.938 bits per heavy atom. The molecule has 0 amide bonds. The molecular formula is C62H43NSSi. The van der Waals surface area contributed by atoms with Crippen LogP contribution >= 0.6 is 11.3 Å². The maximum atomic E-state index is 2.50. The summed E-state index contributed by atoms with van der Waals surface area (Å²) in [6.45, 7) is 2.40. The largest absolute Gasteiger partial charge is 0.310 e. The average molecular weight is 862 g/mol. The predicted octanol–water partition coefficient (Wildman–Crippen LogP) is 13.9. The van der Waals surface area contributed by atoms with Crippen molar-refractivity contribution in [3.63, 3.8) is 0 Å². The van der Waals surface area contributed by atoms with Gasteiger partial charge in [-0.2, -0.15) is 0 Å². The van der Waals surface area contributed by atoms with Crippen LogP contribution in [0.4, 0.5) is 17.1 Å².